The molecule has 1 atom stereocenters. The summed E-state index contributed by atoms with van der Waals surface area (Å²) in [4.78, 5) is 23.9. The van der Waals surface area contributed by atoms with Crippen LogP contribution in [0.5, 0.6) is 11.5 Å². The summed E-state index contributed by atoms with van der Waals surface area (Å²) in [6.07, 6.45) is 1.42. The number of furan rings is 1. The van der Waals surface area contributed by atoms with Gasteiger partial charge in [0.25, 0.3) is 0 Å². The normalized spacial score (nSPS) is 15.1. The van der Waals surface area contributed by atoms with Gasteiger partial charge in [0.1, 0.15) is 24.6 Å². The average Bonchev–Trinajstić information content (AvgIpc) is 3.15. The third kappa shape index (κ3) is 3.92. The zero-order valence-electron chi connectivity index (χ0n) is 13.6. The summed E-state index contributed by atoms with van der Waals surface area (Å²) in [5.41, 5.74) is -1.02. The van der Waals surface area contributed by atoms with E-state index in [1.807, 2.05) is 0 Å². The minimum absolute atomic E-state index is 0.173. The Balaban J connectivity index is 1.57. The standard InChI is InChI=1S/C17H18N2O6/c1-17(22,14-3-2-6-25-14)10-18-15(20)16(21)19-11-4-5-12-13(9-11)24-8-7-23-12/h2-6,9,22H,7-8,10H2,1H3,(H,18,20)(H,19,21)/t17-/m0/s1. The molecule has 8 nitrogen and oxygen atoms in total. The van der Waals surface area contributed by atoms with Crippen LogP contribution >= 0.6 is 0 Å². The molecule has 0 unspecified atom stereocenters. The van der Waals surface area contributed by atoms with Gasteiger partial charge in [-0.25, -0.2) is 0 Å². The molecular weight excluding hydrogens is 328 g/mol. The number of benzene rings is 1. The van der Waals surface area contributed by atoms with Gasteiger partial charge in [0, 0.05) is 11.8 Å². The summed E-state index contributed by atoms with van der Waals surface area (Å²) in [6.45, 7) is 2.20. The fraction of sp³-hybridized carbons (Fsp3) is 0.294. The molecule has 0 aliphatic carbocycles. The molecule has 8 heteroatoms. The summed E-state index contributed by atoms with van der Waals surface area (Å²) in [5, 5.41) is 15.1. The Kier molecular flexibility index (Phi) is 4.62. The molecule has 2 aromatic rings. The van der Waals surface area contributed by atoms with Crippen molar-refractivity contribution in [3.8, 4) is 11.5 Å². The van der Waals surface area contributed by atoms with E-state index in [1.54, 1.807) is 30.3 Å². The summed E-state index contributed by atoms with van der Waals surface area (Å²) in [5.74, 6) is -0.345. The van der Waals surface area contributed by atoms with E-state index in [-0.39, 0.29) is 6.54 Å². The van der Waals surface area contributed by atoms with E-state index in [0.29, 0.717) is 36.2 Å². The first kappa shape index (κ1) is 16.8. The highest BCUT2D eigenvalue weighted by atomic mass is 16.6. The number of carbonyl (C=O) groups is 2. The van der Waals surface area contributed by atoms with Crippen LogP contribution < -0.4 is 20.1 Å². The zero-order chi connectivity index (χ0) is 17.9. The number of hydrogen-bond acceptors (Lipinski definition) is 6. The van der Waals surface area contributed by atoms with Crippen molar-refractivity contribution in [3.63, 3.8) is 0 Å². The van der Waals surface area contributed by atoms with Crippen LogP contribution in [-0.4, -0.2) is 36.7 Å². The lowest BCUT2D eigenvalue weighted by atomic mass is 10.0. The van der Waals surface area contributed by atoms with Gasteiger partial charge >= 0.3 is 11.8 Å². The maximum atomic E-state index is 12.0. The number of hydrogen-bond donors (Lipinski definition) is 3. The lowest BCUT2D eigenvalue weighted by molar-refractivity contribution is -0.136. The number of ether oxygens (including phenoxy) is 2. The molecule has 25 heavy (non-hydrogen) atoms. The molecule has 1 aliphatic heterocycles. The number of amides is 2. The van der Waals surface area contributed by atoms with Crippen molar-refractivity contribution in [2.24, 2.45) is 0 Å². The highest BCUT2D eigenvalue weighted by molar-refractivity contribution is 6.39. The van der Waals surface area contributed by atoms with Crippen LogP contribution in [0.4, 0.5) is 5.69 Å². The Morgan fingerprint density at radius 1 is 1.16 bits per heavy atom. The van der Waals surface area contributed by atoms with Crippen LogP contribution in [0.25, 0.3) is 0 Å². The molecular formula is C17H18N2O6. The van der Waals surface area contributed by atoms with Gasteiger partial charge in [0.15, 0.2) is 11.5 Å². The molecule has 3 rings (SSSR count). The van der Waals surface area contributed by atoms with E-state index in [4.69, 9.17) is 13.9 Å². The number of anilines is 1. The van der Waals surface area contributed by atoms with E-state index in [1.165, 1.54) is 13.2 Å². The number of carbonyl (C=O) groups excluding carboxylic acids is 2. The Morgan fingerprint density at radius 2 is 1.92 bits per heavy atom. The molecule has 2 amide bonds. The predicted octanol–water partition coefficient (Wildman–Crippen LogP) is 1.01. The van der Waals surface area contributed by atoms with Gasteiger partial charge in [0.05, 0.1) is 12.8 Å². The minimum Gasteiger partial charge on any atom is -0.486 e. The predicted molar refractivity (Wildman–Crippen MR) is 87.4 cm³/mol. The van der Waals surface area contributed by atoms with E-state index >= 15 is 0 Å². The fourth-order valence-electron chi connectivity index (χ4n) is 2.31. The first-order valence-electron chi connectivity index (χ1n) is 7.71. The van der Waals surface area contributed by atoms with E-state index < -0.39 is 17.4 Å². The SMILES string of the molecule is C[C@](O)(CNC(=O)C(=O)Nc1ccc2c(c1)OCCO2)c1ccco1. The zero-order valence-corrected chi connectivity index (χ0v) is 13.6. The molecule has 0 fully saturated rings. The minimum atomic E-state index is -1.42. The smallest absolute Gasteiger partial charge is 0.313 e. The average molecular weight is 346 g/mol. The van der Waals surface area contributed by atoms with Crippen LogP contribution in [0.1, 0.15) is 12.7 Å². The van der Waals surface area contributed by atoms with Crippen molar-refractivity contribution in [2.75, 3.05) is 25.1 Å². The van der Waals surface area contributed by atoms with Crippen LogP contribution in [0.3, 0.4) is 0 Å². The highest BCUT2D eigenvalue weighted by Gasteiger charge is 2.28. The van der Waals surface area contributed by atoms with Gasteiger partial charge in [-0.15, -0.1) is 0 Å². The Hall–Kier alpha value is -3.00. The summed E-state index contributed by atoms with van der Waals surface area (Å²) >= 11 is 0. The van der Waals surface area contributed by atoms with Crippen molar-refractivity contribution in [1.82, 2.24) is 5.32 Å². The molecule has 2 heterocycles. The molecule has 1 aliphatic rings. The van der Waals surface area contributed by atoms with Gasteiger partial charge in [0.2, 0.25) is 0 Å². The molecule has 0 spiro atoms. The summed E-state index contributed by atoms with van der Waals surface area (Å²) in [7, 11) is 0. The fourth-order valence-corrected chi connectivity index (χ4v) is 2.31. The Labute approximate surface area is 143 Å². The van der Waals surface area contributed by atoms with E-state index in [2.05, 4.69) is 10.6 Å². The van der Waals surface area contributed by atoms with Crippen LogP contribution in [-0.2, 0) is 15.2 Å². The van der Waals surface area contributed by atoms with E-state index in [9.17, 15) is 14.7 Å². The molecule has 1 aromatic heterocycles. The maximum absolute atomic E-state index is 12.0. The highest BCUT2D eigenvalue weighted by Crippen LogP contribution is 2.32. The molecule has 0 saturated carbocycles. The van der Waals surface area contributed by atoms with Gasteiger partial charge in [-0.2, -0.15) is 0 Å². The second-order valence-corrected chi connectivity index (χ2v) is 5.75. The number of nitrogens with one attached hydrogen (secondary N) is 2. The number of rotatable bonds is 4. The van der Waals surface area contributed by atoms with Crippen molar-refractivity contribution < 1.29 is 28.6 Å². The van der Waals surface area contributed by atoms with Crippen LogP contribution in [0.15, 0.2) is 41.0 Å². The quantitative estimate of drug-likeness (QED) is 0.713. The lowest BCUT2D eigenvalue weighted by Crippen LogP contribution is -2.43. The van der Waals surface area contributed by atoms with Crippen molar-refractivity contribution in [1.29, 1.82) is 0 Å². The van der Waals surface area contributed by atoms with Crippen molar-refractivity contribution in [2.45, 2.75) is 12.5 Å². The second-order valence-electron chi connectivity index (χ2n) is 5.75. The van der Waals surface area contributed by atoms with Gasteiger partial charge in [-0.05, 0) is 31.2 Å². The first-order chi connectivity index (χ1) is 12.0. The molecule has 0 radical (unpaired) electrons. The monoisotopic (exact) mass is 346 g/mol. The first-order valence-corrected chi connectivity index (χ1v) is 7.71. The molecule has 1 aromatic carbocycles. The Bertz CT molecular complexity index is 769. The molecule has 132 valence electrons. The third-order valence-corrected chi connectivity index (χ3v) is 3.65. The second kappa shape index (κ2) is 6.86. The largest absolute Gasteiger partial charge is 0.486 e. The number of fused-ring (bicyclic) bond motifs is 1. The molecule has 0 bridgehead atoms. The topological polar surface area (TPSA) is 110 Å². The van der Waals surface area contributed by atoms with Gasteiger partial charge < -0.3 is 29.6 Å². The van der Waals surface area contributed by atoms with E-state index in [0.717, 1.165) is 0 Å². The van der Waals surface area contributed by atoms with Crippen LogP contribution in [0, 0.1) is 0 Å². The van der Waals surface area contributed by atoms with Gasteiger partial charge in [-0.1, -0.05) is 0 Å². The Morgan fingerprint density at radius 3 is 2.64 bits per heavy atom. The lowest BCUT2D eigenvalue weighted by Gasteiger charge is -2.21. The molecule has 0 saturated heterocycles. The number of aliphatic hydroxyl groups is 1. The maximum Gasteiger partial charge on any atom is 0.313 e. The van der Waals surface area contributed by atoms with Crippen molar-refractivity contribution >= 4 is 17.5 Å². The summed E-state index contributed by atoms with van der Waals surface area (Å²) in [6, 6.07) is 8.06. The third-order valence-electron chi connectivity index (χ3n) is 3.65. The summed E-state index contributed by atoms with van der Waals surface area (Å²) < 4.78 is 15.9. The molecule has 3 N–H and O–H groups in total. The van der Waals surface area contributed by atoms with Crippen LogP contribution in [0.2, 0.25) is 0 Å². The van der Waals surface area contributed by atoms with Crippen molar-refractivity contribution in [3.05, 3.63) is 42.4 Å². The van der Waals surface area contributed by atoms with Gasteiger partial charge in [-0.3, -0.25) is 9.59 Å².